The fourth-order valence-corrected chi connectivity index (χ4v) is 15.9. The Morgan fingerprint density at radius 1 is 0.500 bits per heavy atom. The van der Waals surface area contributed by atoms with Crippen LogP contribution in [0.2, 0.25) is 0 Å². The predicted octanol–water partition coefficient (Wildman–Crippen LogP) is 6.86. The molecule has 0 radical (unpaired) electrons. The van der Waals surface area contributed by atoms with E-state index in [4.69, 9.17) is 22.6 Å². The van der Waals surface area contributed by atoms with Gasteiger partial charge in [-0.15, -0.1) is 4.52 Å². The lowest BCUT2D eigenvalue weighted by Gasteiger charge is -2.42. The monoisotopic (exact) mass is 525 g/mol. The molecule has 0 aliphatic carbocycles. The smallest absolute Gasteiger partial charge is 0.335 e. The summed E-state index contributed by atoms with van der Waals surface area (Å²) in [6.07, 6.45) is 0. The number of hydrogen-bond donors (Lipinski definition) is 0. The molecule has 0 aromatic heterocycles. The Hall–Kier alpha value is -1.43. The summed E-state index contributed by atoms with van der Waals surface area (Å²) in [4.78, 5) is 0. The van der Waals surface area contributed by atoms with Crippen molar-refractivity contribution in [2.24, 2.45) is 13.5 Å². The largest absolute Gasteiger partial charge is 0.430 e. The highest BCUT2D eigenvalue weighted by Gasteiger charge is 2.45. The molecule has 2 atom stereocenters. The molecule has 188 valence electrons. The van der Waals surface area contributed by atoms with E-state index in [9.17, 15) is 0 Å². The number of aryl methyl sites for hydroxylation is 2. The fourth-order valence-electron chi connectivity index (χ4n) is 3.23. The summed E-state index contributed by atoms with van der Waals surface area (Å²) in [6.45, 7) is 4.11. The molecule has 1 heterocycles. The molecule has 0 spiro atoms. The van der Waals surface area contributed by atoms with Crippen LogP contribution >= 0.6 is 22.7 Å². The van der Waals surface area contributed by atoms with Crippen LogP contribution < -0.4 is 9.05 Å². The van der Waals surface area contributed by atoms with Crippen molar-refractivity contribution in [3.63, 3.8) is 0 Å². The molecule has 0 amide bonds. The highest BCUT2D eigenvalue weighted by Crippen LogP contribution is 2.80. The van der Waals surface area contributed by atoms with Crippen molar-refractivity contribution in [1.82, 2.24) is 18.7 Å². The Kier molecular flexibility index (Phi) is 8.21. The quantitative estimate of drug-likeness (QED) is 0.351. The third-order valence-electron chi connectivity index (χ3n) is 5.32. The maximum Gasteiger partial charge on any atom is 0.335 e. The molecule has 0 fully saturated rings. The van der Waals surface area contributed by atoms with Gasteiger partial charge >= 0.3 is 15.2 Å². The maximum absolute atomic E-state index is 6.72. The molecule has 2 aromatic carbocycles. The molecule has 0 saturated heterocycles. The SMILES string of the molecule is Cc1ccc(O[P@]2(N(C)C)=NP(N(C)C)(N(C)C)=N[P@@](Oc3ccc(C)cc3)(N(C)C)=N2)cc1. The third kappa shape index (κ3) is 5.37. The first-order valence-corrected chi connectivity index (χ1v) is 15.7. The maximum atomic E-state index is 6.72. The van der Waals surface area contributed by atoms with Crippen LogP contribution in [0.15, 0.2) is 62.1 Å². The Balaban J connectivity index is 2.37. The zero-order chi connectivity index (χ0) is 25.3. The number of benzene rings is 2. The second-order valence-corrected chi connectivity index (χ2v) is 17.9. The lowest BCUT2D eigenvalue weighted by molar-refractivity contribution is 0.492. The summed E-state index contributed by atoms with van der Waals surface area (Å²) < 4.78 is 37.6. The van der Waals surface area contributed by atoms with Gasteiger partial charge in [-0.1, -0.05) is 35.4 Å². The number of nitrogens with zero attached hydrogens (tertiary/aromatic N) is 7. The highest BCUT2D eigenvalue weighted by atomic mass is 31.3. The topological polar surface area (TPSA) is 68.5 Å². The van der Waals surface area contributed by atoms with E-state index in [1.807, 2.05) is 114 Å². The average molecular weight is 526 g/mol. The van der Waals surface area contributed by atoms with Crippen LogP contribution in [-0.4, -0.2) is 75.1 Å². The summed E-state index contributed by atoms with van der Waals surface area (Å²) in [5, 5.41) is 0. The van der Waals surface area contributed by atoms with Crippen LogP contribution in [0.4, 0.5) is 0 Å². The molecule has 1 aliphatic heterocycles. The van der Waals surface area contributed by atoms with E-state index < -0.39 is 22.7 Å². The van der Waals surface area contributed by atoms with Crippen LogP contribution in [0.1, 0.15) is 11.1 Å². The summed E-state index contributed by atoms with van der Waals surface area (Å²) in [7, 11) is 7.51. The summed E-state index contributed by atoms with van der Waals surface area (Å²) in [5.74, 6) is 1.45. The predicted molar refractivity (Wildman–Crippen MR) is 146 cm³/mol. The summed E-state index contributed by atoms with van der Waals surface area (Å²) in [6, 6.07) is 16.0. The van der Waals surface area contributed by atoms with Gasteiger partial charge in [-0.2, -0.15) is 9.03 Å². The van der Waals surface area contributed by atoms with Crippen molar-refractivity contribution in [3.05, 3.63) is 59.7 Å². The first-order chi connectivity index (χ1) is 15.8. The zero-order valence-electron chi connectivity index (χ0n) is 21.9. The van der Waals surface area contributed by atoms with Crippen LogP contribution in [0, 0.1) is 13.8 Å². The van der Waals surface area contributed by atoms with E-state index in [2.05, 4.69) is 23.2 Å². The van der Waals surface area contributed by atoms with Gasteiger partial charge in [-0.3, -0.25) is 0 Å². The Morgan fingerprint density at radius 2 is 0.853 bits per heavy atom. The van der Waals surface area contributed by atoms with Crippen molar-refractivity contribution in [2.75, 3.05) is 56.4 Å². The minimum absolute atomic E-state index is 0.727. The van der Waals surface area contributed by atoms with Crippen molar-refractivity contribution in [3.8, 4) is 11.5 Å². The molecule has 9 nitrogen and oxygen atoms in total. The number of rotatable bonds is 8. The molecule has 3 rings (SSSR count). The van der Waals surface area contributed by atoms with Gasteiger partial charge in [0.15, 0.2) is 0 Å². The van der Waals surface area contributed by atoms with Gasteiger partial charge in [-0.25, -0.2) is 18.7 Å². The zero-order valence-corrected chi connectivity index (χ0v) is 24.6. The molecule has 0 N–H and O–H groups in total. The Bertz CT molecular complexity index is 1100. The summed E-state index contributed by atoms with van der Waals surface area (Å²) >= 11 is 0. The molecular formula is C22H38N7O2P3. The van der Waals surface area contributed by atoms with E-state index in [1.165, 1.54) is 11.1 Å². The molecule has 34 heavy (non-hydrogen) atoms. The Labute approximate surface area is 205 Å². The third-order valence-corrected chi connectivity index (χ3v) is 16.1. The van der Waals surface area contributed by atoms with Crippen LogP contribution in [-0.2, 0) is 0 Å². The second kappa shape index (κ2) is 10.3. The van der Waals surface area contributed by atoms with Gasteiger partial charge in [-0.05, 0) is 94.5 Å². The fraction of sp³-hybridized carbons (Fsp3) is 0.455. The van der Waals surface area contributed by atoms with Gasteiger partial charge in [0.25, 0.3) is 0 Å². The first kappa shape index (κ1) is 27.2. The Morgan fingerprint density at radius 3 is 1.18 bits per heavy atom. The van der Waals surface area contributed by atoms with E-state index in [-0.39, 0.29) is 0 Å². The normalized spacial score (nSPS) is 24.1. The minimum atomic E-state index is -2.91. The van der Waals surface area contributed by atoms with Crippen molar-refractivity contribution in [1.29, 1.82) is 0 Å². The van der Waals surface area contributed by atoms with Crippen LogP contribution in [0.25, 0.3) is 0 Å². The van der Waals surface area contributed by atoms with E-state index >= 15 is 0 Å². The van der Waals surface area contributed by atoms with Crippen molar-refractivity contribution >= 4 is 22.7 Å². The molecule has 0 saturated carbocycles. The van der Waals surface area contributed by atoms with Gasteiger partial charge in [0.2, 0.25) is 7.51 Å². The average Bonchev–Trinajstić information content (AvgIpc) is 2.76. The van der Waals surface area contributed by atoms with Gasteiger partial charge in [0.1, 0.15) is 11.5 Å². The number of hydrogen-bond acceptors (Lipinski definition) is 9. The molecule has 1 aliphatic rings. The molecule has 0 unspecified atom stereocenters. The highest BCUT2D eigenvalue weighted by molar-refractivity contribution is 7.81. The standard InChI is InChI=1S/C22H38N7O2P3/c1-19-11-15-21(16-12-19)30-33(28(7)8)23-32(26(3)4,27(5)6)24-34(25-33,29(9)10)31-22-17-13-20(2)14-18-22/h11-18H,1-10H3/t33-,34+. The van der Waals surface area contributed by atoms with Crippen LogP contribution in [0.3, 0.4) is 0 Å². The molecule has 12 heteroatoms. The van der Waals surface area contributed by atoms with Gasteiger partial charge in [0, 0.05) is 0 Å². The van der Waals surface area contributed by atoms with Crippen LogP contribution in [0.5, 0.6) is 11.5 Å². The molecule has 2 aromatic rings. The summed E-state index contributed by atoms with van der Waals surface area (Å²) in [5.41, 5.74) is 2.33. The van der Waals surface area contributed by atoms with E-state index in [1.54, 1.807) is 0 Å². The lowest BCUT2D eigenvalue weighted by Crippen LogP contribution is -2.25. The first-order valence-electron chi connectivity index (χ1n) is 11.0. The van der Waals surface area contributed by atoms with E-state index in [0.29, 0.717) is 0 Å². The second-order valence-electron chi connectivity index (χ2n) is 9.03. The van der Waals surface area contributed by atoms with E-state index in [0.717, 1.165) is 11.5 Å². The van der Waals surface area contributed by atoms with Gasteiger partial charge < -0.3 is 9.05 Å². The molecular weight excluding hydrogens is 487 g/mol. The van der Waals surface area contributed by atoms with Gasteiger partial charge in [0.05, 0.1) is 0 Å². The lowest BCUT2D eigenvalue weighted by atomic mass is 10.2. The molecule has 0 bridgehead atoms. The van der Waals surface area contributed by atoms with Crippen molar-refractivity contribution < 1.29 is 9.05 Å². The minimum Gasteiger partial charge on any atom is -0.430 e. The van der Waals surface area contributed by atoms with Crippen molar-refractivity contribution in [2.45, 2.75) is 13.8 Å².